The van der Waals surface area contributed by atoms with Gasteiger partial charge in [0.15, 0.2) is 11.5 Å². The lowest BCUT2D eigenvalue weighted by Crippen LogP contribution is -2.25. The van der Waals surface area contributed by atoms with Crippen molar-refractivity contribution in [2.75, 3.05) is 13.2 Å². The Hall–Kier alpha value is -2.05. The third-order valence-electron chi connectivity index (χ3n) is 3.95. The first kappa shape index (κ1) is 16.8. The highest BCUT2D eigenvalue weighted by molar-refractivity contribution is 7.89. The zero-order valence-electron chi connectivity index (χ0n) is 14.0. The lowest BCUT2D eigenvalue weighted by Gasteiger charge is -2.19. The first-order chi connectivity index (χ1) is 11.4. The maximum atomic E-state index is 12.7. The van der Waals surface area contributed by atoms with Crippen LogP contribution in [0.25, 0.3) is 0 Å². The maximum absolute atomic E-state index is 12.7. The molecule has 0 aromatic heterocycles. The van der Waals surface area contributed by atoms with Crippen molar-refractivity contribution in [2.24, 2.45) is 0 Å². The fraction of sp³-hybridized carbons (Fsp3) is 0.333. The number of aryl methyl sites for hydroxylation is 3. The van der Waals surface area contributed by atoms with Crippen LogP contribution in [0.1, 0.15) is 22.3 Å². The molecule has 0 bridgehead atoms. The Morgan fingerprint density at radius 3 is 2.25 bits per heavy atom. The molecule has 0 radical (unpaired) electrons. The van der Waals surface area contributed by atoms with E-state index in [1.165, 1.54) is 0 Å². The van der Waals surface area contributed by atoms with Gasteiger partial charge in [-0.3, -0.25) is 0 Å². The molecule has 5 nitrogen and oxygen atoms in total. The van der Waals surface area contributed by atoms with E-state index in [2.05, 4.69) is 4.72 Å². The largest absolute Gasteiger partial charge is 0.486 e. The Kier molecular flexibility index (Phi) is 4.51. The molecule has 1 heterocycles. The van der Waals surface area contributed by atoms with E-state index in [4.69, 9.17) is 9.47 Å². The average molecular weight is 347 g/mol. The first-order valence-electron chi connectivity index (χ1n) is 7.83. The Labute approximate surface area is 142 Å². The van der Waals surface area contributed by atoms with Gasteiger partial charge in [-0.2, -0.15) is 0 Å². The number of hydrogen-bond acceptors (Lipinski definition) is 4. The van der Waals surface area contributed by atoms with Gasteiger partial charge in [-0.05, 0) is 49.6 Å². The van der Waals surface area contributed by atoms with E-state index in [1.807, 2.05) is 45.0 Å². The van der Waals surface area contributed by atoms with Gasteiger partial charge in [0.1, 0.15) is 13.2 Å². The summed E-state index contributed by atoms with van der Waals surface area (Å²) >= 11 is 0. The molecule has 1 N–H and O–H groups in total. The molecule has 0 unspecified atom stereocenters. The summed E-state index contributed by atoms with van der Waals surface area (Å²) < 4.78 is 39.0. The molecule has 0 atom stereocenters. The number of rotatable bonds is 4. The molecule has 1 aliphatic heterocycles. The molecule has 6 heteroatoms. The predicted octanol–water partition coefficient (Wildman–Crippen LogP) is 2.86. The van der Waals surface area contributed by atoms with Gasteiger partial charge in [0.05, 0.1) is 4.90 Å². The van der Waals surface area contributed by atoms with Crippen LogP contribution in [0.15, 0.2) is 35.2 Å². The van der Waals surface area contributed by atoms with Crippen LogP contribution in [0.4, 0.5) is 0 Å². The molecule has 0 amide bonds. The van der Waals surface area contributed by atoms with Crippen molar-refractivity contribution < 1.29 is 17.9 Å². The van der Waals surface area contributed by atoms with Crippen LogP contribution in [0.2, 0.25) is 0 Å². The van der Waals surface area contributed by atoms with Crippen molar-refractivity contribution in [1.29, 1.82) is 0 Å². The molecule has 0 spiro atoms. The number of ether oxygens (including phenoxy) is 2. The van der Waals surface area contributed by atoms with E-state index in [1.54, 1.807) is 6.07 Å². The third kappa shape index (κ3) is 3.39. The van der Waals surface area contributed by atoms with E-state index < -0.39 is 10.0 Å². The fourth-order valence-electron chi connectivity index (χ4n) is 3.04. The molecule has 0 saturated carbocycles. The minimum atomic E-state index is -3.58. The van der Waals surface area contributed by atoms with Gasteiger partial charge in [-0.25, -0.2) is 13.1 Å². The molecule has 1 aliphatic rings. The van der Waals surface area contributed by atoms with Gasteiger partial charge < -0.3 is 9.47 Å². The fourth-order valence-corrected chi connectivity index (χ4v) is 4.51. The van der Waals surface area contributed by atoms with Crippen molar-refractivity contribution in [3.8, 4) is 11.5 Å². The van der Waals surface area contributed by atoms with Crippen LogP contribution in [-0.2, 0) is 16.6 Å². The number of sulfonamides is 1. The molecular weight excluding hydrogens is 326 g/mol. The molecule has 2 aromatic rings. The topological polar surface area (TPSA) is 64.6 Å². The smallest absolute Gasteiger partial charge is 0.241 e. The Balaban J connectivity index is 1.81. The van der Waals surface area contributed by atoms with Crippen LogP contribution < -0.4 is 14.2 Å². The normalized spacial score (nSPS) is 13.8. The number of hydrogen-bond donors (Lipinski definition) is 1. The van der Waals surface area contributed by atoms with Crippen molar-refractivity contribution in [2.45, 2.75) is 32.2 Å². The predicted molar refractivity (Wildman–Crippen MR) is 92.1 cm³/mol. The van der Waals surface area contributed by atoms with Gasteiger partial charge in [-0.1, -0.05) is 23.8 Å². The van der Waals surface area contributed by atoms with Gasteiger partial charge in [0, 0.05) is 6.54 Å². The number of nitrogens with one attached hydrogen (secondary N) is 1. The molecule has 24 heavy (non-hydrogen) atoms. The van der Waals surface area contributed by atoms with Crippen LogP contribution >= 0.6 is 0 Å². The monoisotopic (exact) mass is 347 g/mol. The summed E-state index contributed by atoms with van der Waals surface area (Å²) in [5.41, 5.74) is 3.38. The zero-order valence-corrected chi connectivity index (χ0v) is 14.9. The summed E-state index contributed by atoms with van der Waals surface area (Å²) in [6.07, 6.45) is 0. The summed E-state index contributed by atoms with van der Waals surface area (Å²) in [6, 6.07) is 9.22. The lowest BCUT2D eigenvalue weighted by atomic mass is 10.1. The van der Waals surface area contributed by atoms with E-state index in [9.17, 15) is 8.42 Å². The van der Waals surface area contributed by atoms with Crippen LogP contribution in [0.3, 0.4) is 0 Å². The molecule has 0 saturated heterocycles. The summed E-state index contributed by atoms with van der Waals surface area (Å²) in [6.45, 7) is 6.83. The highest BCUT2D eigenvalue weighted by Gasteiger charge is 2.20. The van der Waals surface area contributed by atoms with E-state index in [0.29, 0.717) is 29.6 Å². The second-order valence-electron chi connectivity index (χ2n) is 6.03. The zero-order chi connectivity index (χ0) is 17.3. The van der Waals surface area contributed by atoms with Crippen molar-refractivity contribution >= 4 is 10.0 Å². The van der Waals surface area contributed by atoms with E-state index >= 15 is 0 Å². The SMILES string of the molecule is Cc1cc(C)c(S(=O)(=O)NCc2ccc3c(c2)OCCO3)c(C)c1. The maximum Gasteiger partial charge on any atom is 0.241 e. The Bertz CT molecular complexity index is 852. The summed E-state index contributed by atoms with van der Waals surface area (Å²) in [5.74, 6) is 1.35. The average Bonchev–Trinajstić information content (AvgIpc) is 2.51. The van der Waals surface area contributed by atoms with Crippen molar-refractivity contribution in [3.63, 3.8) is 0 Å². The second kappa shape index (κ2) is 6.45. The van der Waals surface area contributed by atoms with Gasteiger partial charge >= 0.3 is 0 Å². The minimum absolute atomic E-state index is 0.200. The molecule has 3 rings (SSSR count). The van der Waals surface area contributed by atoms with Gasteiger partial charge in [0.2, 0.25) is 10.0 Å². The lowest BCUT2D eigenvalue weighted by molar-refractivity contribution is 0.171. The van der Waals surface area contributed by atoms with Crippen LogP contribution in [0, 0.1) is 20.8 Å². The molecule has 0 fully saturated rings. The van der Waals surface area contributed by atoms with Crippen molar-refractivity contribution in [3.05, 3.63) is 52.6 Å². The van der Waals surface area contributed by atoms with Gasteiger partial charge in [0.25, 0.3) is 0 Å². The number of fused-ring (bicyclic) bond motifs is 1. The van der Waals surface area contributed by atoms with E-state index in [-0.39, 0.29) is 6.54 Å². The molecule has 2 aromatic carbocycles. The minimum Gasteiger partial charge on any atom is -0.486 e. The van der Waals surface area contributed by atoms with Crippen molar-refractivity contribution in [1.82, 2.24) is 4.72 Å². The molecular formula is C18H21NO4S. The molecule has 0 aliphatic carbocycles. The second-order valence-corrected chi connectivity index (χ2v) is 7.73. The molecule has 128 valence electrons. The van der Waals surface area contributed by atoms with Crippen LogP contribution in [0.5, 0.6) is 11.5 Å². The summed E-state index contributed by atoms with van der Waals surface area (Å²) in [4.78, 5) is 0.352. The third-order valence-corrected chi connectivity index (χ3v) is 5.65. The number of benzene rings is 2. The summed E-state index contributed by atoms with van der Waals surface area (Å²) in [7, 11) is -3.58. The van der Waals surface area contributed by atoms with Gasteiger partial charge in [-0.15, -0.1) is 0 Å². The van der Waals surface area contributed by atoms with Crippen LogP contribution in [-0.4, -0.2) is 21.6 Å². The highest BCUT2D eigenvalue weighted by atomic mass is 32.2. The summed E-state index contributed by atoms with van der Waals surface area (Å²) in [5, 5.41) is 0. The first-order valence-corrected chi connectivity index (χ1v) is 9.31. The highest BCUT2D eigenvalue weighted by Crippen LogP contribution is 2.31. The quantitative estimate of drug-likeness (QED) is 0.924. The Morgan fingerprint density at radius 1 is 0.958 bits per heavy atom. The Morgan fingerprint density at radius 2 is 1.58 bits per heavy atom. The standard InChI is InChI=1S/C18H21NO4S/c1-12-8-13(2)18(14(3)9-12)24(20,21)19-11-15-4-5-16-17(10-15)23-7-6-22-16/h4-5,8-10,19H,6-7,11H2,1-3H3. The van der Waals surface area contributed by atoms with E-state index in [0.717, 1.165) is 22.3 Å².